The molecule has 6 rings (SSSR count). The van der Waals surface area contributed by atoms with E-state index in [1.807, 2.05) is 24.2 Å². The van der Waals surface area contributed by atoms with Crippen LogP contribution in [-0.4, -0.2) is 48.8 Å². The fraction of sp³-hybridized carbons (Fsp3) is 0.393. The molecule has 2 atom stereocenters. The van der Waals surface area contributed by atoms with Gasteiger partial charge in [0.15, 0.2) is 0 Å². The van der Waals surface area contributed by atoms with Crippen LogP contribution in [-0.2, 0) is 16.2 Å². The number of hydrogen-bond donors (Lipinski definition) is 0. The number of anilines is 1. The van der Waals surface area contributed by atoms with Gasteiger partial charge in [0.05, 0.1) is 27.8 Å². The first-order chi connectivity index (χ1) is 18.7. The molecule has 11 heteroatoms. The zero-order valence-electron chi connectivity index (χ0n) is 22.0. The van der Waals surface area contributed by atoms with Gasteiger partial charge in [0, 0.05) is 48.2 Å². The number of fused-ring (bicyclic) bond motifs is 1. The van der Waals surface area contributed by atoms with Crippen LogP contribution in [0.15, 0.2) is 40.9 Å². The van der Waals surface area contributed by atoms with Crippen molar-refractivity contribution in [2.75, 3.05) is 24.2 Å². The number of aromatic nitrogens is 3. The first kappa shape index (κ1) is 26.3. The van der Waals surface area contributed by atoms with Gasteiger partial charge in [-0.05, 0) is 69.0 Å². The van der Waals surface area contributed by atoms with Gasteiger partial charge in [-0.1, -0.05) is 22.8 Å². The molecule has 0 aliphatic carbocycles. The molecular weight excluding hydrogens is 541 g/mol. The Morgan fingerprint density at radius 2 is 1.90 bits per heavy atom. The Labute approximate surface area is 234 Å². The van der Waals surface area contributed by atoms with Gasteiger partial charge in [-0.3, -0.25) is 4.79 Å². The molecule has 1 amide bonds. The number of benzene rings is 2. The Hall–Kier alpha value is -2.92. The fourth-order valence-corrected chi connectivity index (χ4v) is 6.87. The summed E-state index contributed by atoms with van der Waals surface area (Å²) in [5.74, 6) is 0.875. The monoisotopic (exact) mass is 569 g/mol. The summed E-state index contributed by atoms with van der Waals surface area (Å²) in [4.78, 5) is 19.9. The number of rotatable bonds is 5. The van der Waals surface area contributed by atoms with E-state index in [9.17, 15) is 13.7 Å². The summed E-state index contributed by atoms with van der Waals surface area (Å²) in [5, 5.41) is 4.12. The Morgan fingerprint density at radius 1 is 1.13 bits per heavy atom. The molecule has 2 saturated heterocycles. The quantitative estimate of drug-likeness (QED) is 0.278. The van der Waals surface area contributed by atoms with Crippen molar-refractivity contribution in [1.29, 1.82) is 0 Å². The second-order valence-electron chi connectivity index (χ2n) is 10.2. The molecule has 2 aliphatic heterocycles. The maximum absolute atomic E-state index is 14.4. The molecular formula is C28H29ClFN5O3S. The molecule has 2 fully saturated rings. The molecule has 2 aromatic heterocycles. The van der Waals surface area contributed by atoms with E-state index in [0.29, 0.717) is 31.6 Å². The molecule has 0 bridgehead atoms. The lowest BCUT2D eigenvalue weighted by atomic mass is 10.0. The number of amides is 1. The van der Waals surface area contributed by atoms with Crippen LogP contribution < -0.4 is 4.90 Å². The topological polar surface area (TPSA) is 90.5 Å². The van der Waals surface area contributed by atoms with Crippen LogP contribution >= 0.6 is 11.6 Å². The summed E-state index contributed by atoms with van der Waals surface area (Å²) in [6, 6.07) is 10.4. The molecule has 8 nitrogen and oxygen atoms in total. The number of hydrogen-bond acceptors (Lipinski definition) is 6. The van der Waals surface area contributed by atoms with Crippen molar-refractivity contribution in [3.63, 3.8) is 0 Å². The lowest BCUT2D eigenvalue weighted by Crippen LogP contribution is -2.39. The minimum Gasteiger partial charge on any atom is -0.598 e. The first-order valence-electron chi connectivity index (χ1n) is 13.0. The largest absolute Gasteiger partial charge is 0.598 e. The maximum Gasteiger partial charge on any atom is 0.227 e. The third-order valence-corrected chi connectivity index (χ3v) is 9.28. The van der Waals surface area contributed by atoms with Gasteiger partial charge in [-0.15, -0.1) is 4.31 Å². The van der Waals surface area contributed by atoms with Gasteiger partial charge in [-0.2, -0.15) is 0 Å². The van der Waals surface area contributed by atoms with Crippen molar-refractivity contribution in [3.05, 3.63) is 64.5 Å². The first-order valence-corrected chi connectivity index (χ1v) is 14.9. The van der Waals surface area contributed by atoms with Gasteiger partial charge in [0.1, 0.15) is 23.7 Å². The van der Waals surface area contributed by atoms with Crippen LogP contribution in [0.25, 0.3) is 22.2 Å². The molecule has 0 saturated carbocycles. The van der Waals surface area contributed by atoms with Crippen LogP contribution in [0.2, 0.25) is 5.02 Å². The molecule has 0 radical (unpaired) electrons. The van der Waals surface area contributed by atoms with Crippen LogP contribution in [0.1, 0.15) is 55.0 Å². The lowest BCUT2D eigenvalue weighted by molar-refractivity contribution is -0.117. The maximum atomic E-state index is 14.4. The SMILES string of the molecule is Cc1noc(C)c1-c1ccc2c(c1)nc([C@@H]1CCC(=O)N1c1ccc(Cl)c(F)c1)n2C1CCN([S+](C)[O-])CC1. The molecule has 4 heterocycles. The summed E-state index contributed by atoms with van der Waals surface area (Å²) in [7, 11) is 0. The number of nitrogens with zero attached hydrogens (tertiary/aromatic N) is 5. The standard InChI is InChI=1S/C28H29ClFN5O3S/c1-16-27(17(2)38-32-16)18-4-7-24-23(14-18)31-28(35(24)19-10-12-33(13-11-19)39(3)37)25-8-9-26(36)34(25)20-5-6-21(29)22(30)15-20/h4-7,14-15,19,25H,8-13H2,1-3H3/t25-,39?/m0/s1. The molecule has 4 aromatic rings. The van der Waals surface area contributed by atoms with Gasteiger partial charge in [-0.25, -0.2) is 9.37 Å². The van der Waals surface area contributed by atoms with Crippen molar-refractivity contribution >= 4 is 45.6 Å². The molecule has 39 heavy (non-hydrogen) atoms. The van der Waals surface area contributed by atoms with E-state index in [2.05, 4.69) is 21.9 Å². The zero-order valence-corrected chi connectivity index (χ0v) is 23.6. The highest BCUT2D eigenvalue weighted by Gasteiger charge is 2.39. The Bertz CT molecular complexity index is 1540. The van der Waals surface area contributed by atoms with E-state index in [1.165, 1.54) is 12.1 Å². The van der Waals surface area contributed by atoms with Crippen molar-refractivity contribution in [2.45, 2.75) is 51.6 Å². The molecule has 2 aromatic carbocycles. The van der Waals surface area contributed by atoms with Gasteiger partial charge in [0.25, 0.3) is 0 Å². The number of piperidine rings is 1. The number of aryl methyl sites for hydroxylation is 2. The Balaban J connectivity index is 1.48. The van der Waals surface area contributed by atoms with Crippen molar-refractivity contribution < 1.29 is 18.3 Å². The second-order valence-corrected chi connectivity index (χ2v) is 12.0. The molecule has 204 valence electrons. The van der Waals surface area contributed by atoms with Crippen molar-refractivity contribution in [2.24, 2.45) is 0 Å². The predicted octanol–water partition coefficient (Wildman–Crippen LogP) is 5.90. The minimum atomic E-state index is -1.02. The minimum absolute atomic E-state index is 0.0149. The lowest BCUT2D eigenvalue weighted by Gasteiger charge is -2.34. The number of imidazole rings is 1. The van der Waals surface area contributed by atoms with E-state index < -0.39 is 17.2 Å². The van der Waals surface area contributed by atoms with E-state index in [0.717, 1.165) is 52.3 Å². The van der Waals surface area contributed by atoms with E-state index >= 15 is 0 Å². The van der Waals surface area contributed by atoms with Crippen LogP contribution in [0.3, 0.4) is 0 Å². The highest BCUT2D eigenvalue weighted by Crippen LogP contribution is 2.42. The van der Waals surface area contributed by atoms with Crippen LogP contribution in [0.5, 0.6) is 0 Å². The van der Waals surface area contributed by atoms with Gasteiger partial charge in [0.2, 0.25) is 5.91 Å². The number of halogens is 2. The van der Waals surface area contributed by atoms with Gasteiger partial charge < -0.3 is 18.5 Å². The number of carbonyl (C=O) groups excluding carboxylic acids is 1. The van der Waals surface area contributed by atoms with E-state index in [4.69, 9.17) is 21.1 Å². The Morgan fingerprint density at radius 3 is 2.56 bits per heavy atom. The number of carbonyl (C=O) groups is 1. The average molecular weight is 570 g/mol. The normalized spacial score (nSPS) is 19.9. The summed E-state index contributed by atoms with van der Waals surface area (Å²) in [6.45, 7) is 5.22. The summed E-state index contributed by atoms with van der Waals surface area (Å²) >= 11 is 4.92. The van der Waals surface area contributed by atoms with E-state index in [1.54, 1.807) is 17.2 Å². The van der Waals surface area contributed by atoms with Crippen LogP contribution in [0, 0.1) is 19.7 Å². The third-order valence-electron chi connectivity index (χ3n) is 7.88. The fourth-order valence-electron chi connectivity index (χ4n) is 6.03. The summed E-state index contributed by atoms with van der Waals surface area (Å²) in [5.41, 5.74) is 4.97. The summed E-state index contributed by atoms with van der Waals surface area (Å²) in [6.07, 6.45) is 4.23. The highest BCUT2D eigenvalue weighted by molar-refractivity contribution is 7.88. The molecule has 0 spiro atoms. The molecule has 1 unspecified atom stereocenters. The third kappa shape index (κ3) is 4.63. The highest BCUT2D eigenvalue weighted by atomic mass is 35.5. The average Bonchev–Trinajstić information content (AvgIpc) is 3.59. The van der Waals surface area contributed by atoms with Crippen molar-refractivity contribution in [1.82, 2.24) is 19.0 Å². The van der Waals surface area contributed by atoms with Crippen LogP contribution in [0.4, 0.5) is 10.1 Å². The zero-order chi connectivity index (χ0) is 27.4. The second kappa shape index (κ2) is 10.2. The predicted molar refractivity (Wildman–Crippen MR) is 149 cm³/mol. The van der Waals surface area contributed by atoms with Crippen molar-refractivity contribution in [3.8, 4) is 11.1 Å². The van der Waals surface area contributed by atoms with E-state index in [-0.39, 0.29) is 23.0 Å². The molecule has 2 aliphatic rings. The van der Waals surface area contributed by atoms with Gasteiger partial charge >= 0.3 is 0 Å². The smallest absolute Gasteiger partial charge is 0.227 e. The Kier molecular flexibility index (Phi) is 6.91. The molecule has 0 N–H and O–H groups in total. The summed E-state index contributed by atoms with van der Waals surface area (Å²) < 4.78 is 36.2.